The lowest BCUT2D eigenvalue weighted by molar-refractivity contribution is -0.121. The third-order valence-corrected chi connectivity index (χ3v) is 4.45. The Kier molecular flexibility index (Phi) is 5.08. The van der Waals surface area contributed by atoms with Crippen LogP contribution in [0.15, 0.2) is 16.8 Å². The SMILES string of the molecule is Cc1noc2ncc(C(=O)NCCNC(=O)CC3CCCC3)cc12. The minimum Gasteiger partial charge on any atom is -0.354 e. The van der Waals surface area contributed by atoms with Crippen LogP contribution in [0, 0.1) is 12.8 Å². The Hall–Kier alpha value is -2.44. The molecule has 24 heavy (non-hydrogen) atoms. The molecule has 7 heteroatoms. The van der Waals surface area contributed by atoms with Crippen LogP contribution < -0.4 is 10.6 Å². The molecule has 0 bridgehead atoms. The summed E-state index contributed by atoms with van der Waals surface area (Å²) < 4.78 is 5.02. The van der Waals surface area contributed by atoms with Gasteiger partial charge in [0.25, 0.3) is 11.6 Å². The van der Waals surface area contributed by atoms with E-state index in [0.29, 0.717) is 42.4 Å². The van der Waals surface area contributed by atoms with Gasteiger partial charge in [-0.3, -0.25) is 9.59 Å². The van der Waals surface area contributed by atoms with E-state index in [2.05, 4.69) is 20.8 Å². The van der Waals surface area contributed by atoms with Gasteiger partial charge in [-0.25, -0.2) is 4.98 Å². The zero-order chi connectivity index (χ0) is 16.9. The molecule has 1 fully saturated rings. The Bertz CT molecular complexity index is 735. The van der Waals surface area contributed by atoms with Crippen LogP contribution in [0.25, 0.3) is 11.1 Å². The maximum Gasteiger partial charge on any atom is 0.257 e. The maximum absolute atomic E-state index is 12.1. The molecular formula is C17H22N4O3. The van der Waals surface area contributed by atoms with Crippen LogP contribution in [0.4, 0.5) is 0 Å². The number of nitrogens with one attached hydrogen (secondary N) is 2. The van der Waals surface area contributed by atoms with Gasteiger partial charge >= 0.3 is 0 Å². The molecule has 128 valence electrons. The van der Waals surface area contributed by atoms with Crippen LogP contribution in [0.5, 0.6) is 0 Å². The minimum atomic E-state index is -0.227. The highest BCUT2D eigenvalue weighted by Crippen LogP contribution is 2.27. The maximum atomic E-state index is 12.1. The van der Waals surface area contributed by atoms with Gasteiger partial charge in [-0.1, -0.05) is 18.0 Å². The van der Waals surface area contributed by atoms with E-state index in [1.54, 1.807) is 13.0 Å². The fourth-order valence-corrected chi connectivity index (χ4v) is 3.10. The third kappa shape index (κ3) is 3.90. The summed E-state index contributed by atoms with van der Waals surface area (Å²) in [6, 6.07) is 1.71. The van der Waals surface area contributed by atoms with Crippen molar-refractivity contribution in [2.45, 2.75) is 39.0 Å². The molecule has 1 saturated carbocycles. The van der Waals surface area contributed by atoms with Crippen molar-refractivity contribution in [3.8, 4) is 0 Å². The van der Waals surface area contributed by atoms with Gasteiger partial charge in [-0.15, -0.1) is 0 Å². The molecule has 2 amide bonds. The summed E-state index contributed by atoms with van der Waals surface area (Å²) in [5.74, 6) is 0.374. The highest BCUT2D eigenvalue weighted by atomic mass is 16.5. The summed E-state index contributed by atoms with van der Waals surface area (Å²) >= 11 is 0. The third-order valence-electron chi connectivity index (χ3n) is 4.45. The number of nitrogens with zero attached hydrogens (tertiary/aromatic N) is 2. The van der Waals surface area contributed by atoms with E-state index >= 15 is 0 Å². The lowest BCUT2D eigenvalue weighted by atomic mass is 10.0. The lowest BCUT2D eigenvalue weighted by Gasteiger charge is -2.10. The number of aryl methyl sites for hydroxylation is 1. The van der Waals surface area contributed by atoms with Crippen molar-refractivity contribution in [3.05, 3.63) is 23.5 Å². The van der Waals surface area contributed by atoms with Crippen molar-refractivity contribution in [2.75, 3.05) is 13.1 Å². The van der Waals surface area contributed by atoms with Crippen LogP contribution in [-0.2, 0) is 4.79 Å². The zero-order valence-corrected chi connectivity index (χ0v) is 13.8. The number of aromatic nitrogens is 2. The first-order valence-corrected chi connectivity index (χ1v) is 8.40. The largest absolute Gasteiger partial charge is 0.354 e. The first-order valence-electron chi connectivity index (χ1n) is 8.40. The molecule has 2 aromatic rings. The number of amides is 2. The van der Waals surface area contributed by atoms with Gasteiger partial charge in [0.05, 0.1) is 16.6 Å². The average Bonchev–Trinajstić information content (AvgIpc) is 3.21. The number of hydrogen-bond acceptors (Lipinski definition) is 5. The number of carbonyl (C=O) groups is 2. The second-order valence-corrected chi connectivity index (χ2v) is 6.31. The molecule has 1 aliphatic rings. The molecule has 2 heterocycles. The summed E-state index contributed by atoms with van der Waals surface area (Å²) in [5.41, 5.74) is 1.57. The van der Waals surface area contributed by atoms with Crippen molar-refractivity contribution >= 4 is 22.9 Å². The van der Waals surface area contributed by atoms with Crippen LogP contribution >= 0.6 is 0 Å². The van der Waals surface area contributed by atoms with E-state index in [1.165, 1.54) is 19.0 Å². The molecule has 0 aliphatic heterocycles. The average molecular weight is 330 g/mol. The molecule has 0 unspecified atom stereocenters. The van der Waals surface area contributed by atoms with Gasteiger partial charge < -0.3 is 15.2 Å². The summed E-state index contributed by atoms with van der Waals surface area (Å²) in [7, 11) is 0. The number of hydrogen-bond donors (Lipinski definition) is 2. The van der Waals surface area contributed by atoms with Crippen LogP contribution in [-0.4, -0.2) is 35.0 Å². The predicted molar refractivity (Wildman–Crippen MR) is 88.5 cm³/mol. The zero-order valence-electron chi connectivity index (χ0n) is 13.8. The van der Waals surface area contributed by atoms with Gasteiger partial charge in [-0.05, 0) is 31.7 Å². The highest BCUT2D eigenvalue weighted by molar-refractivity contribution is 5.96. The summed E-state index contributed by atoms with van der Waals surface area (Å²) in [6.45, 7) is 2.62. The Balaban J connectivity index is 1.43. The fourth-order valence-electron chi connectivity index (χ4n) is 3.10. The summed E-state index contributed by atoms with van der Waals surface area (Å²) in [6.07, 6.45) is 6.84. The van der Waals surface area contributed by atoms with E-state index < -0.39 is 0 Å². The van der Waals surface area contributed by atoms with Crippen molar-refractivity contribution in [2.24, 2.45) is 5.92 Å². The van der Waals surface area contributed by atoms with Crippen LogP contribution in [0.2, 0.25) is 0 Å². The topological polar surface area (TPSA) is 97.1 Å². The molecule has 7 nitrogen and oxygen atoms in total. The number of rotatable bonds is 6. The molecule has 0 radical (unpaired) electrons. The fraction of sp³-hybridized carbons (Fsp3) is 0.529. The molecule has 0 aromatic carbocycles. The van der Waals surface area contributed by atoms with Gasteiger partial charge in [0.2, 0.25) is 5.91 Å². The van der Waals surface area contributed by atoms with E-state index in [4.69, 9.17) is 4.52 Å². The molecule has 0 atom stereocenters. The standard InChI is InChI=1S/C17H22N4O3/c1-11-14-9-13(10-20-17(14)24-21-11)16(23)19-7-6-18-15(22)8-12-4-2-3-5-12/h9-10,12H,2-8H2,1H3,(H,18,22)(H,19,23). The van der Waals surface area contributed by atoms with Gasteiger partial charge in [0.15, 0.2) is 0 Å². The van der Waals surface area contributed by atoms with Crippen LogP contribution in [0.1, 0.15) is 48.2 Å². The highest BCUT2D eigenvalue weighted by Gasteiger charge is 2.18. The van der Waals surface area contributed by atoms with Crippen LogP contribution in [0.3, 0.4) is 0 Å². The second-order valence-electron chi connectivity index (χ2n) is 6.31. The van der Waals surface area contributed by atoms with Crippen molar-refractivity contribution in [1.29, 1.82) is 0 Å². The molecular weight excluding hydrogens is 308 g/mol. The molecule has 2 aromatic heterocycles. The predicted octanol–water partition coefficient (Wildman–Crippen LogP) is 1.96. The van der Waals surface area contributed by atoms with Gasteiger partial charge in [-0.2, -0.15) is 0 Å². The van der Waals surface area contributed by atoms with E-state index in [0.717, 1.165) is 18.2 Å². The normalized spacial score (nSPS) is 14.9. The number of fused-ring (bicyclic) bond motifs is 1. The molecule has 3 rings (SSSR count). The number of pyridine rings is 1. The number of carbonyl (C=O) groups excluding carboxylic acids is 2. The Morgan fingerprint density at radius 1 is 1.25 bits per heavy atom. The first-order chi connectivity index (χ1) is 11.6. The first kappa shape index (κ1) is 16.4. The Morgan fingerprint density at radius 3 is 2.79 bits per heavy atom. The summed E-state index contributed by atoms with van der Waals surface area (Å²) in [4.78, 5) is 28.0. The lowest BCUT2D eigenvalue weighted by Crippen LogP contribution is -2.35. The second kappa shape index (κ2) is 7.42. The quantitative estimate of drug-likeness (QED) is 0.789. The Morgan fingerprint density at radius 2 is 2.00 bits per heavy atom. The van der Waals surface area contributed by atoms with Crippen molar-refractivity contribution in [1.82, 2.24) is 20.8 Å². The molecule has 0 spiro atoms. The van der Waals surface area contributed by atoms with E-state index in [1.807, 2.05) is 0 Å². The Labute approximate surface area is 140 Å². The molecule has 1 aliphatic carbocycles. The van der Waals surface area contributed by atoms with Crippen molar-refractivity contribution < 1.29 is 14.1 Å². The monoisotopic (exact) mass is 330 g/mol. The molecule has 2 N–H and O–H groups in total. The van der Waals surface area contributed by atoms with E-state index in [-0.39, 0.29) is 11.8 Å². The van der Waals surface area contributed by atoms with E-state index in [9.17, 15) is 9.59 Å². The van der Waals surface area contributed by atoms with Crippen molar-refractivity contribution in [3.63, 3.8) is 0 Å². The minimum absolute atomic E-state index is 0.0688. The van der Waals surface area contributed by atoms with Gasteiger partial charge in [0, 0.05) is 25.7 Å². The van der Waals surface area contributed by atoms with Gasteiger partial charge in [0.1, 0.15) is 0 Å². The summed E-state index contributed by atoms with van der Waals surface area (Å²) in [5, 5.41) is 10.2. The molecule has 0 saturated heterocycles. The smallest absolute Gasteiger partial charge is 0.257 e.